The summed E-state index contributed by atoms with van der Waals surface area (Å²) in [4.78, 5) is 27.4. The number of pyridine rings is 1. The maximum atomic E-state index is 12.5. The molecule has 0 spiro atoms. The predicted molar refractivity (Wildman–Crippen MR) is 113 cm³/mol. The van der Waals surface area contributed by atoms with Gasteiger partial charge in [0.25, 0.3) is 10.9 Å². The number of nitrogens with zero attached hydrogens (tertiary/aromatic N) is 1. The molecule has 1 aromatic heterocycles. The van der Waals surface area contributed by atoms with Gasteiger partial charge in [-0.15, -0.1) is 0 Å². The van der Waals surface area contributed by atoms with Crippen molar-refractivity contribution in [2.24, 2.45) is 0 Å². The van der Waals surface area contributed by atoms with Crippen molar-refractivity contribution in [3.63, 3.8) is 0 Å². The third kappa shape index (κ3) is 6.07. The molecule has 0 atom stereocenters. The van der Waals surface area contributed by atoms with E-state index >= 15 is 0 Å². The molecule has 164 valence electrons. The van der Waals surface area contributed by atoms with Crippen LogP contribution in [0.25, 0.3) is 0 Å². The lowest BCUT2D eigenvalue weighted by molar-refractivity contribution is -0.137. The van der Waals surface area contributed by atoms with E-state index in [4.69, 9.17) is 4.74 Å². The maximum Gasteiger partial charge on any atom is 0.416 e. The normalized spacial score (nSPS) is 11.5. The largest absolute Gasteiger partial charge is 0.494 e. The fraction of sp³-hybridized carbons (Fsp3) is 0.318. The molecular formula is C22H22F3N3O3. The van der Waals surface area contributed by atoms with Crippen LogP contribution in [-0.2, 0) is 6.18 Å². The van der Waals surface area contributed by atoms with Gasteiger partial charge in [0.05, 0.1) is 12.2 Å². The van der Waals surface area contributed by atoms with Crippen molar-refractivity contribution in [3.8, 4) is 5.75 Å². The van der Waals surface area contributed by atoms with Crippen molar-refractivity contribution in [2.75, 3.05) is 23.8 Å². The number of rotatable bonds is 11. The molecule has 3 aromatic rings. The SMILES string of the molecule is O=c1c(NCCCCCCOc2ccc(C(F)(F)F)cc2)c(Nc2ccncc2)c1=O. The van der Waals surface area contributed by atoms with Crippen molar-refractivity contribution in [1.82, 2.24) is 4.98 Å². The van der Waals surface area contributed by atoms with Gasteiger partial charge in [-0.3, -0.25) is 14.6 Å². The number of unbranched alkanes of at least 4 members (excludes halogenated alkanes) is 3. The van der Waals surface area contributed by atoms with Crippen LogP contribution >= 0.6 is 0 Å². The monoisotopic (exact) mass is 433 g/mol. The fourth-order valence-electron chi connectivity index (χ4n) is 2.98. The van der Waals surface area contributed by atoms with Crippen molar-refractivity contribution in [3.05, 3.63) is 74.8 Å². The molecule has 31 heavy (non-hydrogen) atoms. The molecule has 1 heterocycles. The molecule has 0 aliphatic carbocycles. The Hall–Kier alpha value is -3.36. The Morgan fingerprint density at radius 3 is 2.16 bits per heavy atom. The minimum Gasteiger partial charge on any atom is -0.494 e. The van der Waals surface area contributed by atoms with Crippen LogP contribution in [0.15, 0.2) is 58.4 Å². The lowest BCUT2D eigenvalue weighted by Gasteiger charge is -2.14. The summed E-state index contributed by atoms with van der Waals surface area (Å²) in [5.74, 6) is 0.406. The van der Waals surface area contributed by atoms with Crippen LogP contribution in [0.1, 0.15) is 31.2 Å². The van der Waals surface area contributed by atoms with Crippen LogP contribution in [0.3, 0.4) is 0 Å². The van der Waals surface area contributed by atoms with Gasteiger partial charge < -0.3 is 15.4 Å². The van der Waals surface area contributed by atoms with Crippen molar-refractivity contribution in [1.29, 1.82) is 0 Å². The van der Waals surface area contributed by atoms with Gasteiger partial charge in [0.15, 0.2) is 0 Å². The van der Waals surface area contributed by atoms with E-state index in [0.717, 1.165) is 37.8 Å². The number of nitrogens with one attached hydrogen (secondary N) is 2. The summed E-state index contributed by atoms with van der Waals surface area (Å²) in [5.41, 5.74) is -0.527. The van der Waals surface area contributed by atoms with Gasteiger partial charge in [0.2, 0.25) is 0 Å². The van der Waals surface area contributed by atoms with Crippen LogP contribution in [0, 0.1) is 0 Å². The highest BCUT2D eigenvalue weighted by atomic mass is 19.4. The standard InChI is InChI=1S/C22H22F3N3O3/c23-22(24,25)15-5-7-17(8-6-15)31-14-4-2-1-3-11-27-18-19(21(30)20(18)29)28-16-9-12-26-13-10-16/h5-10,12-13,27H,1-4,11,14H2,(H,26,28). The molecule has 0 saturated heterocycles. The van der Waals surface area contributed by atoms with E-state index in [1.165, 1.54) is 12.1 Å². The fourth-order valence-corrected chi connectivity index (χ4v) is 2.98. The van der Waals surface area contributed by atoms with Crippen molar-refractivity contribution >= 4 is 17.1 Å². The Morgan fingerprint density at radius 2 is 1.48 bits per heavy atom. The molecule has 0 aliphatic rings. The lowest BCUT2D eigenvalue weighted by atomic mass is 10.1. The summed E-state index contributed by atoms with van der Waals surface area (Å²) < 4.78 is 43.0. The molecule has 0 saturated carbocycles. The molecule has 0 unspecified atom stereocenters. The van der Waals surface area contributed by atoms with Crippen LogP contribution in [0.5, 0.6) is 5.75 Å². The molecule has 3 rings (SSSR count). The highest BCUT2D eigenvalue weighted by Gasteiger charge is 2.30. The highest BCUT2D eigenvalue weighted by Crippen LogP contribution is 2.30. The van der Waals surface area contributed by atoms with E-state index in [0.29, 0.717) is 30.3 Å². The predicted octanol–water partition coefficient (Wildman–Crippen LogP) is 4.49. The van der Waals surface area contributed by atoms with E-state index in [9.17, 15) is 22.8 Å². The average molecular weight is 433 g/mol. The first-order chi connectivity index (χ1) is 14.9. The number of benzene rings is 1. The summed E-state index contributed by atoms with van der Waals surface area (Å²) in [6.07, 6.45) is 2.13. The van der Waals surface area contributed by atoms with Gasteiger partial charge in [-0.05, 0) is 49.2 Å². The zero-order chi connectivity index (χ0) is 22.3. The number of anilines is 3. The summed E-state index contributed by atoms with van der Waals surface area (Å²) >= 11 is 0. The van der Waals surface area contributed by atoms with Gasteiger partial charge in [0, 0.05) is 24.6 Å². The van der Waals surface area contributed by atoms with Gasteiger partial charge in [0.1, 0.15) is 17.1 Å². The molecule has 0 radical (unpaired) electrons. The summed E-state index contributed by atoms with van der Waals surface area (Å²) in [6.45, 7) is 0.965. The quantitative estimate of drug-likeness (QED) is 0.343. The Balaban J connectivity index is 1.31. The number of hydrogen-bond acceptors (Lipinski definition) is 6. The van der Waals surface area contributed by atoms with Gasteiger partial charge in [-0.25, -0.2) is 0 Å². The first kappa shape index (κ1) is 22.3. The van der Waals surface area contributed by atoms with Crippen molar-refractivity contribution < 1.29 is 17.9 Å². The number of ether oxygens (including phenoxy) is 1. The van der Waals surface area contributed by atoms with Crippen LogP contribution < -0.4 is 26.2 Å². The van der Waals surface area contributed by atoms with Crippen molar-refractivity contribution in [2.45, 2.75) is 31.9 Å². The Bertz CT molecular complexity index is 1040. The van der Waals surface area contributed by atoms with Crippen LogP contribution in [-0.4, -0.2) is 18.1 Å². The molecule has 0 fully saturated rings. The minimum absolute atomic E-state index is 0.265. The topological polar surface area (TPSA) is 80.3 Å². The lowest BCUT2D eigenvalue weighted by Crippen LogP contribution is -2.36. The maximum absolute atomic E-state index is 12.5. The average Bonchev–Trinajstić information content (AvgIpc) is 2.77. The molecule has 9 heteroatoms. The van der Waals surface area contributed by atoms with E-state index in [1.807, 2.05) is 0 Å². The second-order valence-electron chi connectivity index (χ2n) is 6.98. The second-order valence-corrected chi connectivity index (χ2v) is 6.98. The summed E-state index contributed by atoms with van der Waals surface area (Å²) in [6, 6.07) is 8.03. The second kappa shape index (κ2) is 10.1. The van der Waals surface area contributed by atoms with E-state index in [1.54, 1.807) is 24.5 Å². The molecule has 2 aromatic carbocycles. The molecule has 0 aliphatic heterocycles. The zero-order valence-corrected chi connectivity index (χ0v) is 16.7. The minimum atomic E-state index is -4.35. The summed E-state index contributed by atoms with van der Waals surface area (Å²) in [5, 5.41) is 5.94. The third-order valence-corrected chi connectivity index (χ3v) is 4.68. The molecular weight excluding hydrogens is 411 g/mol. The molecule has 0 bridgehead atoms. The Kier molecular flexibility index (Phi) is 7.28. The highest BCUT2D eigenvalue weighted by molar-refractivity contribution is 5.78. The molecule has 2 N–H and O–H groups in total. The van der Waals surface area contributed by atoms with Gasteiger partial charge in [-0.2, -0.15) is 13.2 Å². The first-order valence-corrected chi connectivity index (χ1v) is 9.90. The number of aromatic nitrogens is 1. The third-order valence-electron chi connectivity index (χ3n) is 4.68. The summed E-state index contributed by atoms with van der Waals surface area (Å²) in [7, 11) is 0. The first-order valence-electron chi connectivity index (χ1n) is 9.90. The number of halogens is 3. The Labute approximate surface area is 176 Å². The van der Waals surface area contributed by atoms with Crippen LogP contribution in [0.2, 0.25) is 0 Å². The smallest absolute Gasteiger partial charge is 0.416 e. The van der Waals surface area contributed by atoms with E-state index < -0.39 is 22.6 Å². The van der Waals surface area contributed by atoms with Crippen LogP contribution in [0.4, 0.5) is 30.2 Å². The van der Waals surface area contributed by atoms with Gasteiger partial charge >= 0.3 is 6.18 Å². The van der Waals surface area contributed by atoms with E-state index in [2.05, 4.69) is 15.6 Å². The van der Waals surface area contributed by atoms with Gasteiger partial charge in [-0.1, -0.05) is 12.8 Å². The number of alkyl halides is 3. The Morgan fingerprint density at radius 1 is 0.839 bits per heavy atom. The zero-order valence-electron chi connectivity index (χ0n) is 16.7. The van der Waals surface area contributed by atoms with E-state index in [-0.39, 0.29) is 5.69 Å². The number of hydrogen-bond donors (Lipinski definition) is 2. The molecule has 6 nitrogen and oxygen atoms in total. The molecule has 0 amide bonds.